The smallest absolute Gasteiger partial charge is 0.392 e. The summed E-state index contributed by atoms with van der Waals surface area (Å²) in [4.78, 5) is 4.90. The molecule has 0 bridgehead atoms. The summed E-state index contributed by atoms with van der Waals surface area (Å²) in [6, 6.07) is 11.2. The first-order chi connectivity index (χ1) is 16.5. The highest BCUT2D eigenvalue weighted by Gasteiger charge is 2.30. The van der Waals surface area contributed by atoms with Gasteiger partial charge >= 0.3 is 6.18 Å². The molecule has 0 aliphatic carbocycles. The van der Waals surface area contributed by atoms with Crippen LogP contribution in [0.4, 0.5) is 17.6 Å². The van der Waals surface area contributed by atoms with Crippen LogP contribution < -0.4 is 0 Å². The first-order valence-corrected chi connectivity index (χ1v) is 11.7. The maximum absolute atomic E-state index is 13.7. The van der Waals surface area contributed by atoms with Crippen LogP contribution in [0.2, 0.25) is 0 Å². The topological polar surface area (TPSA) is 42.4 Å². The molecule has 0 saturated carbocycles. The van der Waals surface area contributed by atoms with Crippen molar-refractivity contribution in [2.75, 3.05) is 6.61 Å². The van der Waals surface area contributed by atoms with E-state index < -0.39 is 11.7 Å². The number of halogens is 4. The molecule has 0 aliphatic heterocycles. The van der Waals surface area contributed by atoms with Crippen LogP contribution in [0.1, 0.15) is 73.2 Å². The van der Waals surface area contributed by atoms with Crippen LogP contribution in [0.3, 0.4) is 0 Å². The van der Waals surface area contributed by atoms with Crippen molar-refractivity contribution in [3.8, 4) is 11.1 Å². The summed E-state index contributed by atoms with van der Waals surface area (Å²) in [6.07, 6.45) is -3.91. The molecule has 0 unspecified atom stereocenters. The lowest BCUT2D eigenvalue weighted by molar-refractivity contribution is -0.137. The van der Waals surface area contributed by atoms with Crippen LogP contribution in [0.15, 0.2) is 48.5 Å². The van der Waals surface area contributed by atoms with Crippen LogP contribution in [0.5, 0.6) is 0 Å². The van der Waals surface area contributed by atoms with E-state index in [1.54, 1.807) is 12.1 Å². The van der Waals surface area contributed by atoms with E-state index >= 15 is 0 Å². The summed E-state index contributed by atoms with van der Waals surface area (Å²) in [5, 5.41) is 10.3. The molecule has 0 atom stereocenters. The number of nitrogens with zero attached hydrogens (tertiary/aromatic N) is 1. The van der Waals surface area contributed by atoms with Crippen molar-refractivity contribution in [3.63, 3.8) is 0 Å². The Morgan fingerprint density at radius 2 is 1.43 bits per heavy atom. The number of rotatable bonds is 9. The molecule has 1 N–H and O–H groups in total. The summed E-state index contributed by atoms with van der Waals surface area (Å²) in [5.74, 6) is -0.202. The molecule has 1 heterocycles. The number of pyridine rings is 1. The Labute approximate surface area is 203 Å². The minimum atomic E-state index is -4.36. The third-order valence-electron chi connectivity index (χ3n) is 5.91. The second-order valence-electron chi connectivity index (χ2n) is 9.19. The fraction of sp³-hybridized carbons (Fsp3) is 0.393. The van der Waals surface area contributed by atoms with Crippen LogP contribution in [-0.2, 0) is 30.5 Å². The van der Waals surface area contributed by atoms with E-state index in [0.29, 0.717) is 18.6 Å². The summed E-state index contributed by atoms with van der Waals surface area (Å²) in [6.45, 7) is 8.38. The van der Waals surface area contributed by atoms with Crippen molar-refractivity contribution in [1.29, 1.82) is 0 Å². The van der Waals surface area contributed by atoms with E-state index in [9.17, 15) is 22.7 Å². The number of aromatic nitrogens is 1. The van der Waals surface area contributed by atoms with Crippen molar-refractivity contribution >= 4 is 0 Å². The standard InChI is InChI=1S/C28H31F4NO2/c1-17(2)26-23(15-34)25(20-7-11-22(29)12-8-20)24(27(33-26)18(3)4)16-35-14-13-19-5-9-21(10-6-19)28(30,31)32/h5-12,17-18,34H,13-16H2,1-4H3. The number of alkyl halides is 3. The number of aliphatic hydroxyl groups excluding tert-OH is 1. The van der Waals surface area contributed by atoms with Gasteiger partial charge in [0.05, 0.1) is 25.4 Å². The fourth-order valence-corrected chi connectivity index (χ4v) is 4.15. The summed E-state index contributed by atoms with van der Waals surface area (Å²) in [5.41, 5.74) is 4.78. The molecule has 3 nitrogen and oxygen atoms in total. The van der Waals surface area contributed by atoms with E-state index in [0.717, 1.165) is 45.8 Å². The molecule has 0 saturated heterocycles. The van der Waals surface area contributed by atoms with Crippen molar-refractivity contribution in [3.05, 3.63) is 88.0 Å². The quantitative estimate of drug-likeness (QED) is 0.251. The van der Waals surface area contributed by atoms with Gasteiger partial charge < -0.3 is 9.84 Å². The van der Waals surface area contributed by atoms with Crippen LogP contribution >= 0.6 is 0 Å². The molecule has 0 amide bonds. The first-order valence-electron chi connectivity index (χ1n) is 11.7. The molecule has 7 heteroatoms. The Kier molecular flexibility index (Phi) is 8.67. The van der Waals surface area contributed by atoms with Crippen molar-refractivity contribution in [1.82, 2.24) is 4.98 Å². The monoisotopic (exact) mass is 489 g/mol. The Hall–Kier alpha value is -2.77. The number of ether oxygens (including phenoxy) is 1. The van der Waals surface area contributed by atoms with E-state index in [4.69, 9.17) is 9.72 Å². The molecule has 0 radical (unpaired) electrons. The Morgan fingerprint density at radius 1 is 0.857 bits per heavy atom. The molecule has 0 fully saturated rings. The van der Waals surface area contributed by atoms with Crippen LogP contribution in [0, 0.1) is 5.82 Å². The average Bonchev–Trinajstić information content (AvgIpc) is 2.81. The van der Waals surface area contributed by atoms with Crippen molar-refractivity contribution in [2.24, 2.45) is 0 Å². The molecule has 1 aromatic heterocycles. The first kappa shape index (κ1) is 26.8. The fourth-order valence-electron chi connectivity index (χ4n) is 4.15. The second kappa shape index (κ2) is 11.3. The van der Waals surface area contributed by atoms with Gasteiger partial charge in [-0.15, -0.1) is 0 Å². The largest absolute Gasteiger partial charge is 0.416 e. The van der Waals surface area contributed by atoms with Crippen LogP contribution in [0.25, 0.3) is 11.1 Å². The van der Waals surface area contributed by atoms with Crippen molar-refractivity contribution < 1.29 is 27.4 Å². The number of hydrogen-bond acceptors (Lipinski definition) is 3. The minimum absolute atomic E-state index is 0.0727. The van der Waals surface area contributed by atoms with Gasteiger partial charge in [0.2, 0.25) is 0 Å². The molecule has 0 spiro atoms. The van der Waals surface area contributed by atoms with Gasteiger partial charge in [0.25, 0.3) is 0 Å². The second-order valence-corrected chi connectivity index (χ2v) is 9.19. The zero-order valence-corrected chi connectivity index (χ0v) is 20.4. The maximum Gasteiger partial charge on any atom is 0.416 e. The van der Waals surface area contributed by atoms with Gasteiger partial charge in [0.15, 0.2) is 0 Å². The van der Waals surface area contributed by atoms with E-state index in [1.807, 2.05) is 27.7 Å². The van der Waals surface area contributed by atoms with Gasteiger partial charge in [-0.2, -0.15) is 13.2 Å². The predicted molar refractivity (Wildman–Crippen MR) is 129 cm³/mol. The molecule has 35 heavy (non-hydrogen) atoms. The Balaban J connectivity index is 1.91. The van der Waals surface area contributed by atoms with Gasteiger partial charge in [-0.05, 0) is 59.2 Å². The van der Waals surface area contributed by atoms with Gasteiger partial charge in [0.1, 0.15) is 5.82 Å². The van der Waals surface area contributed by atoms with Gasteiger partial charge in [-0.3, -0.25) is 4.98 Å². The highest BCUT2D eigenvalue weighted by atomic mass is 19.4. The summed E-state index contributed by atoms with van der Waals surface area (Å²) < 4.78 is 58.0. The number of hydrogen-bond donors (Lipinski definition) is 1. The highest BCUT2D eigenvalue weighted by Crippen LogP contribution is 2.37. The normalized spacial score (nSPS) is 12.1. The van der Waals surface area contributed by atoms with Crippen LogP contribution in [-0.4, -0.2) is 16.7 Å². The van der Waals surface area contributed by atoms with Gasteiger partial charge in [-0.1, -0.05) is 52.0 Å². The minimum Gasteiger partial charge on any atom is -0.392 e. The number of aliphatic hydroxyl groups is 1. The zero-order chi connectivity index (χ0) is 25.8. The molecule has 2 aromatic carbocycles. The number of benzene rings is 2. The van der Waals surface area contributed by atoms with E-state index in [1.165, 1.54) is 24.3 Å². The molecule has 188 valence electrons. The molecule has 3 rings (SSSR count). The lowest BCUT2D eigenvalue weighted by Crippen LogP contribution is -2.13. The highest BCUT2D eigenvalue weighted by molar-refractivity contribution is 5.73. The van der Waals surface area contributed by atoms with Gasteiger partial charge in [-0.25, -0.2) is 4.39 Å². The molecule has 0 aliphatic rings. The van der Waals surface area contributed by atoms with E-state index in [-0.39, 0.29) is 30.9 Å². The lowest BCUT2D eigenvalue weighted by Gasteiger charge is -2.24. The third-order valence-corrected chi connectivity index (χ3v) is 5.91. The SMILES string of the molecule is CC(C)c1nc(C(C)C)c(COCCc2ccc(C(F)(F)F)cc2)c(-c2ccc(F)cc2)c1CO. The zero-order valence-electron chi connectivity index (χ0n) is 20.4. The molecular weight excluding hydrogens is 458 g/mol. The van der Waals surface area contributed by atoms with E-state index in [2.05, 4.69) is 0 Å². The Morgan fingerprint density at radius 3 is 1.94 bits per heavy atom. The van der Waals surface area contributed by atoms with Gasteiger partial charge in [0, 0.05) is 22.5 Å². The third kappa shape index (κ3) is 6.47. The molecule has 3 aromatic rings. The predicted octanol–water partition coefficient (Wildman–Crippen LogP) is 7.40. The Bertz CT molecular complexity index is 1120. The van der Waals surface area contributed by atoms with Crippen molar-refractivity contribution in [2.45, 2.75) is 65.3 Å². The molecular formula is C28H31F4NO2. The summed E-state index contributed by atoms with van der Waals surface area (Å²) in [7, 11) is 0. The average molecular weight is 490 g/mol. The summed E-state index contributed by atoms with van der Waals surface area (Å²) >= 11 is 0. The lowest BCUT2D eigenvalue weighted by atomic mass is 9.87. The maximum atomic E-state index is 13.7.